The molecule has 0 spiro atoms. The average Bonchev–Trinajstić information content (AvgIpc) is 2.69. The number of nitrogens with zero attached hydrogens (tertiary/aromatic N) is 1. The lowest BCUT2D eigenvalue weighted by molar-refractivity contribution is -0.140. The van der Waals surface area contributed by atoms with Crippen molar-refractivity contribution in [2.75, 3.05) is 26.3 Å². The number of hydrogen-bond acceptors (Lipinski definition) is 4. The van der Waals surface area contributed by atoms with Crippen LogP contribution >= 0.6 is 0 Å². The van der Waals surface area contributed by atoms with Crippen molar-refractivity contribution in [3.05, 3.63) is 30.3 Å². The second-order valence-corrected chi connectivity index (χ2v) is 6.96. The Bertz CT molecular complexity index is 474. The number of unbranched alkanes of at least 4 members (excludes halogenated alkanes) is 7. The van der Waals surface area contributed by atoms with E-state index in [2.05, 4.69) is 6.92 Å². The zero-order chi connectivity index (χ0) is 19.7. The molecule has 0 saturated heterocycles. The second kappa shape index (κ2) is 15.5. The molecule has 1 aromatic rings. The fourth-order valence-electron chi connectivity index (χ4n) is 3.14. The average molecular weight is 380 g/mol. The topological polar surface area (TPSA) is 70.0 Å². The largest absolute Gasteiger partial charge is 0.481 e. The summed E-state index contributed by atoms with van der Waals surface area (Å²) in [4.78, 5) is 14.3. The monoisotopic (exact) mass is 379 g/mol. The number of amides is 1. The Morgan fingerprint density at radius 1 is 0.926 bits per heavy atom. The molecular weight excluding hydrogens is 342 g/mol. The van der Waals surface area contributed by atoms with Crippen molar-refractivity contribution in [2.45, 2.75) is 70.8 Å². The van der Waals surface area contributed by atoms with Crippen LogP contribution in [0.5, 0.6) is 5.75 Å². The van der Waals surface area contributed by atoms with E-state index >= 15 is 0 Å². The molecule has 0 radical (unpaired) electrons. The van der Waals surface area contributed by atoms with Gasteiger partial charge in [0.05, 0.1) is 13.2 Å². The van der Waals surface area contributed by atoms with Gasteiger partial charge in [0.1, 0.15) is 5.75 Å². The van der Waals surface area contributed by atoms with Crippen molar-refractivity contribution < 1.29 is 19.7 Å². The molecule has 1 rings (SSSR count). The Morgan fingerprint density at radius 3 is 2.04 bits per heavy atom. The molecule has 5 nitrogen and oxygen atoms in total. The van der Waals surface area contributed by atoms with Crippen LogP contribution in [0.15, 0.2) is 30.3 Å². The molecule has 0 saturated carbocycles. The predicted molar refractivity (Wildman–Crippen MR) is 109 cm³/mol. The summed E-state index contributed by atoms with van der Waals surface area (Å²) in [6.07, 6.45) is 9.71. The van der Waals surface area contributed by atoms with Gasteiger partial charge in [0.2, 0.25) is 0 Å². The van der Waals surface area contributed by atoms with Crippen LogP contribution in [-0.4, -0.2) is 53.4 Å². The first-order valence-electron chi connectivity index (χ1n) is 10.4. The van der Waals surface area contributed by atoms with E-state index in [1.165, 1.54) is 43.4 Å². The van der Waals surface area contributed by atoms with Crippen LogP contribution < -0.4 is 4.74 Å². The number of rotatable bonds is 16. The van der Waals surface area contributed by atoms with Gasteiger partial charge in [-0.05, 0) is 25.0 Å². The molecule has 0 bridgehead atoms. The van der Waals surface area contributed by atoms with E-state index in [1.54, 1.807) is 0 Å². The molecule has 0 aromatic heterocycles. The van der Waals surface area contributed by atoms with E-state index < -0.39 is 6.10 Å². The maximum absolute atomic E-state index is 12.8. The van der Waals surface area contributed by atoms with Crippen molar-refractivity contribution in [1.29, 1.82) is 0 Å². The zero-order valence-corrected chi connectivity index (χ0v) is 16.8. The van der Waals surface area contributed by atoms with E-state index in [-0.39, 0.29) is 32.2 Å². The molecule has 1 amide bonds. The molecule has 27 heavy (non-hydrogen) atoms. The van der Waals surface area contributed by atoms with Crippen LogP contribution in [0.3, 0.4) is 0 Å². The minimum absolute atomic E-state index is 0.123. The number of para-hydroxylation sites is 1. The number of hydrogen-bond donors (Lipinski definition) is 2. The standard InChI is InChI=1S/C22H37NO4/c1-2-3-4-5-6-7-8-12-15-21(27-20-13-10-9-11-14-20)22(26)23(16-18-24)17-19-25/h9-11,13-14,21,24-25H,2-8,12,15-19H2,1H3. The van der Waals surface area contributed by atoms with Crippen LogP contribution in [0.1, 0.15) is 64.7 Å². The summed E-state index contributed by atoms with van der Waals surface area (Å²) < 4.78 is 5.96. The van der Waals surface area contributed by atoms with E-state index in [9.17, 15) is 15.0 Å². The highest BCUT2D eigenvalue weighted by atomic mass is 16.5. The first kappa shape index (κ1) is 23.4. The number of benzene rings is 1. The highest BCUT2D eigenvalue weighted by Crippen LogP contribution is 2.17. The second-order valence-electron chi connectivity index (χ2n) is 6.96. The molecule has 1 aromatic carbocycles. The summed E-state index contributed by atoms with van der Waals surface area (Å²) in [7, 11) is 0. The van der Waals surface area contributed by atoms with Crippen molar-refractivity contribution in [2.24, 2.45) is 0 Å². The molecular formula is C22H37NO4. The normalized spacial score (nSPS) is 12.0. The molecule has 0 heterocycles. The zero-order valence-electron chi connectivity index (χ0n) is 16.8. The van der Waals surface area contributed by atoms with E-state index in [4.69, 9.17) is 4.74 Å². The molecule has 0 aliphatic heterocycles. The summed E-state index contributed by atoms with van der Waals surface area (Å²) in [6.45, 7) is 2.40. The highest BCUT2D eigenvalue weighted by molar-refractivity contribution is 5.81. The van der Waals surface area contributed by atoms with Crippen molar-refractivity contribution >= 4 is 5.91 Å². The summed E-state index contributed by atoms with van der Waals surface area (Å²) in [6, 6.07) is 9.36. The first-order valence-corrected chi connectivity index (χ1v) is 10.4. The molecule has 1 atom stereocenters. The SMILES string of the molecule is CCCCCCCCCCC(Oc1ccccc1)C(=O)N(CCO)CCO. The van der Waals surface area contributed by atoms with Gasteiger partial charge < -0.3 is 19.8 Å². The van der Waals surface area contributed by atoms with Crippen molar-refractivity contribution in [3.63, 3.8) is 0 Å². The lowest BCUT2D eigenvalue weighted by Gasteiger charge is -2.27. The maximum atomic E-state index is 12.8. The summed E-state index contributed by atoms with van der Waals surface area (Å²) in [5.41, 5.74) is 0. The van der Waals surface area contributed by atoms with Gasteiger partial charge in [-0.1, -0.05) is 70.1 Å². The van der Waals surface area contributed by atoms with E-state index in [1.807, 2.05) is 30.3 Å². The van der Waals surface area contributed by atoms with Gasteiger partial charge in [0, 0.05) is 13.1 Å². The molecule has 0 aliphatic rings. The molecule has 2 N–H and O–H groups in total. The van der Waals surface area contributed by atoms with Gasteiger partial charge in [0.25, 0.3) is 5.91 Å². The smallest absolute Gasteiger partial charge is 0.263 e. The quantitative estimate of drug-likeness (QED) is 0.429. The Kier molecular flexibility index (Phi) is 13.4. The summed E-state index contributed by atoms with van der Waals surface area (Å²) >= 11 is 0. The van der Waals surface area contributed by atoms with Crippen LogP contribution in [0.4, 0.5) is 0 Å². The minimum atomic E-state index is -0.578. The highest BCUT2D eigenvalue weighted by Gasteiger charge is 2.25. The third-order valence-electron chi connectivity index (χ3n) is 4.67. The molecule has 5 heteroatoms. The van der Waals surface area contributed by atoms with Gasteiger partial charge in [0.15, 0.2) is 6.10 Å². The molecule has 1 unspecified atom stereocenters. The Morgan fingerprint density at radius 2 is 1.48 bits per heavy atom. The van der Waals surface area contributed by atoms with Crippen LogP contribution in [-0.2, 0) is 4.79 Å². The lowest BCUT2D eigenvalue weighted by atomic mass is 10.0. The van der Waals surface area contributed by atoms with Crippen LogP contribution in [0.2, 0.25) is 0 Å². The fraction of sp³-hybridized carbons (Fsp3) is 0.682. The number of aliphatic hydroxyl groups excluding tert-OH is 2. The Labute approximate surface area is 164 Å². The minimum Gasteiger partial charge on any atom is -0.481 e. The third kappa shape index (κ3) is 10.4. The number of carbonyl (C=O) groups is 1. The van der Waals surface area contributed by atoms with Crippen LogP contribution in [0, 0.1) is 0 Å². The number of carbonyl (C=O) groups excluding carboxylic acids is 1. The molecule has 154 valence electrons. The first-order chi connectivity index (χ1) is 13.2. The van der Waals surface area contributed by atoms with E-state index in [0.29, 0.717) is 12.2 Å². The molecule has 0 fully saturated rings. The Hall–Kier alpha value is -1.59. The van der Waals surface area contributed by atoms with Gasteiger partial charge in [-0.2, -0.15) is 0 Å². The maximum Gasteiger partial charge on any atom is 0.263 e. The van der Waals surface area contributed by atoms with Crippen LogP contribution in [0.25, 0.3) is 0 Å². The molecule has 0 aliphatic carbocycles. The van der Waals surface area contributed by atoms with Gasteiger partial charge in [-0.25, -0.2) is 0 Å². The van der Waals surface area contributed by atoms with E-state index in [0.717, 1.165) is 12.8 Å². The lowest BCUT2D eigenvalue weighted by Crippen LogP contribution is -2.44. The summed E-state index contributed by atoms with van der Waals surface area (Å²) in [5.74, 6) is 0.508. The predicted octanol–water partition coefficient (Wildman–Crippen LogP) is 3.78. The number of ether oxygens (including phenoxy) is 1. The Balaban J connectivity index is 2.53. The van der Waals surface area contributed by atoms with Gasteiger partial charge in [-0.3, -0.25) is 4.79 Å². The number of aliphatic hydroxyl groups is 2. The van der Waals surface area contributed by atoms with Crippen molar-refractivity contribution in [1.82, 2.24) is 4.90 Å². The fourth-order valence-corrected chi connectivity index (χ4v) is 3.14. The third-order valence-corrected chi connectivity index (χ3v) is 4.67. The summed E-state index contributed by atoms with van der Waals surface area (Å²) in [5, 5.41) is 18.4. The van der Waals surface area contributed by atoms with Gasteiger partial charge in [-0.15, -0.1) is 0 Å². The van der Waals surface area contributed by atoms with Crippen molar-refractivity contribution in [3.8, 4) is 5.75 Å². The van der Waals surface area contributed by atoms with Gasteiger partial charge >= 0.3 is 0 Å².